The van der Waals surface area contributed by atoms with Crippen LogP contribution >= 0.6 is 0 Å². The zero-order valence-electron chi connectivity index (χ0n) is 11.9. The lowest BCUT2D eigenvalue weighted by molar-refractivity contribution is -0.0201. The highest BCUT2D eigenvalue weighted by Crippen LogP contribution is 2.33. The maximum absolute atomic E-state index is 9.84. The minimum absolute atomic E-state index is 0.109. The average molecular weight is 268 g/mol. The van der Waals surface area contributed by atoms with Gasteiger partial charge in [0, 0.05) is 38.9 Å². The third kappa shape index (κ3) is 3.91. The Labute approximate surface area is 116 Å². The number of hydrogen-bond acceptors (Lipinski definition) is 4. The van der Waals surface area contributed by atoms with E-state index in [1.807, 2.05) is 0 Å². The van der Waals surface area contributed by atoms with E-state index in [9.17, 15) is 5.11 Å². The van der Waals surface area contributed by atoms with Gasteiger partial charge in [-0.3, -0.25) is 0 Å². The van der Waals surface area contributed by atoms with Crippen LogP contribution in [0.4, 0.5) is 0 Å². The van der Waals surface area contributed by atoms with Gasteiger partial charge < -0.3 is 20.1 Å². The van der Waals surface area contributed by atoms with E-state index in [1.54, 1.807) is 0 Å². The average Bonchev–Trinajstić information content (AvgIpc) is 3.22. The topological polar surface area (TPSA) is 44.7 Å². The summed E-state index contributed by atoms with van der Waals surface area (Å²) in [6.07, 6.45) is 7.06. The van der Waals surface area contributed by atoms with Crippen LogP contribution in [0.3, 0.4) is 0 Å². The van der Waals surface area contributed by atoms with E-state index >= 15 is 0 Å². The summed E-state index contributed by atoms with van der Waals surface area (Å²) in [7, 11) is 0. The van der Waals surface area contributed by atoms with Crippen molar-refractivity contribution in [1.82, 2.24) is 10.2 Å². The van der Waals surface area contributed by atoms with E-state index in [1.165, 1.54) is 25.7 Å². The van der Waals surface area contributed by atoms with E-state index in [0.717, 1.165) is 58.3 Å². The number of likely N-dealkylation sites (tertiary alicyclic amines) is 1. The molecule has 0 aromatic carbocycles. The fourth-order valence-electron chi connectivity index (χ4n) is 3.49. The van der Waals surface area contributed by atoms with E-state index in [-0.39, 0.29) is 6.10 Å². The van der Waals surface area contributed by atoms with Gasteiger partial charge in [0.2, 0.25) is 0 Å². The quantitative estimate of drug-likeness (QED) is 0.780. The molecule has 3 fully saturated rings. The van der Waals surface area contributed by atoms with Crippen LogP contribution in [-0.4, -0.2) is 61.5 Å². The van der Waals surface area contributed by atoms with Crippen LogP contribution < -0.4 is 5.32 Å². The number of aliphatic hydroxyl groups is 1. The molecule has 3 aliphatic rings. The Balaban J connectivity index is 1.56. The number of ether oxygens (including phenoxy) is 1. The molecule has 2 N–H and O–H groups in total. The molecule has 4 nitrogen and oxygen atoms in total. The van der Waals surface area contributed by atoms with E-state index in [2.05, 4.69) is 10.2 Å². The highest BCUT2D eigenvalue weighted by atomic mass is 16.5. The van der Waals surface area contributed by atoms with Gasteiger partial charge in [0.25, 0.3) is 0 Å². The van der Waals surface area contributed by atoms with Crippen LogP contribution in [0.5, 0.6) is 0 Å². The monoisotopic (exact) mass is 268 g/mol. The summed E-state index contributed by atoms with van der Waals surface area (Å²) in [5.74, 6) is 0. The van der Waals surface area contributed by atoms with Gasteiger partial charge >= 0.3 is 0 Å². The summed E-state index contributed by atoms with van der Waals surface area (Å²) in [5.41, 5.74) is 0.373. The molecule has 1 saturated carbocycles. The molecule has 0 radical (unpaired) electrons. The molecule has 1 atom stereocenters. The zero-order chi connectivity index (χ0) is 13.1. The van der Waals surface area contributed by atoms with E-state index in [0.29, 0.717) is 5.41 Å². The van der Waals surface area contributed by atoms with Gasteiger partial charge in [-0.1, -0.05) is 0 Å². The number of piperidine rings is 1. The lowest BCUT2D eigenvalue weighted by atomic mass is 9.79. The molecule has 1 unspecified atom stereocenters. The first-order chi connectivity index (χ1) is 9.26. The fraction of sp³-hybridized carbons (Fsp3) is 1.00. The Bertz CT molecular complexity index is 288. The molecule has 2 heterocycles. The van der Waals surface area contributed by atoms with Gasteiger partial charge in [0.05, 0.1) is 6.10 Å². The molecule has 0 bridgehead atoms. The molecule has 3 rings (SSSR count). The van der Waals surface area contributed by atoms with Crippen molar-refractivity contribution in [3.63, 3.8) is 0 Å². The second-order valence-corrected chi connectivity index (χ2v) is 6.80. The highest BCUT2D eigenvalue weighted by molar-refractivity contribution is 4.92. The predicted octanol–water partition coefficient (Wildman–Crippen LogP) is 0.992. The molecule has 0 aromatic heterocycles. The molecule has 110 valence electrons. The largest absolute Gasteiger partial charge is 0.392 e. The Morgan fingerprint density at radius 1 is 1.21 bits per heavy atom. The van der Waals surface area contributed by atoms with Crippen molar-refractivity contribution >= 4 is 0 Å². The molecule has 0 spiro atoms. The lowest BCUT2D eigenvalue weighted by Gasteiger charge is -2.43. The highest BCUT2D eigenvalue weighted by Gasteiger charge is 2.36. The van der Waals surface area contributed by atoms with Gasteiger partial charge in [-0.05, 0) is 50.5 Å². The summed E-state index contributed by atoms with van der Waals surface area (Å²) in [6, 6.07) is 0.784. The van der Waals surface area contributed by atoms with E-state index < -0.39 is 0 Å². The van der Waals surface area contributed by atoms with E-state index in [4.69, 9.17) is 4.74 Å². The Morgan fingerprint density at radius 3 is 2.68 bits per heavy atom. The van der Waals surface area contributed by atoms with Crippen molar-refractivity contribution < 1.29 is 9.84 Å². The van der Waals surface area contributed by atoms with Crippen LogP contribution in [-0.2, 0) is 4.74 Å². The Hall–Kier alpha value is -0.160. The van der Waals surface area contributed by atoms with Gasteiger partial charge in [-0.25, -0.2) is 0 Å². The first-order valence-electron chi connectivity index (χ1n) is 7.97. The van der Waals surface area contributed by atoms with Crippen molar-refractivity contribution in [2.75, 3.05) is 39.4 Å². The SMILES string of the molecule is OC1CCCN(CC2(CNC3CC3)CCOCC2)C1. The maximum atomic E-state index is 9.84. The zero-order valence-corrected chi connectivity index (χ0v) is 11.9. The Morgan fingerprint density at radius 2 is 2.00 bits per heavy atom. The van der Waals surface area contributed by atoms with Crippen molar-refractivity contribution in [3.05, 3.63) is 0 Å². The van der Waals surface area contributed by atoms with Crippen molar-refractivity contribution in [3.8, 4) is 0 Å². The first-order valence-corrected chi connectivity index (χ1v) is 7.97. The molecule has 2 aliphatic heterocycles. The molecule has 1 aliphatic carbocycles. The van der Waals surface area contributed by atoms with Gasteiger partial charge in [-0.15, -0.1) is 0 Å². The van der Waals surface area contributed by atoms with Crippen LogP contribution in [0, 0.1) is 5.41 Å². The Kier molecular flexibility index (Phi) is 4.42. The molecule has 2 saturated heterocycles. The third-order valence-electron chi connectivity index (χ3n) is 4.94. The van der Waals surface area contributed by atoms with Crippen molar-refractivity contribution in [1.29, 1.82) is 0 Å². The molecular weight excluding hydrogens is 240 g/mol. The number of aliphatic hydroxyl groups excluding tert-OH is 1. The van der Waals surface area contributed by atoms with Crippen LogP contribution in [0.1, 0.15) is 38.5 Å². The third-order valence-corrected chi connectivity index (χ3v) is 4.94. The number of nitrogens with zero attached hydrogens (tertiary/aromatic N) is 1. The predicted molar refractivity (Wildman–Crippen MR) is 75.2 cm³/mol. The summed E-state index contributed by atoms with van der Waals surface area (Å²) in [4.78, 5) is 2.48. The first kappa shape index (κ1) is 13.8. The number of hydrogen-bond donors (Lipinski definition) is 2. The van der Waals surface area contributed by atoms with Crippen LogP contribution in [0.15, 0.2) is 0 Å². The molecule has 0 amide bonds. The van der Waals surface area contributed by atoms with Crippen LogP contribution in [0.25, 0.3) is 0 Å². The number of rotatable bonds is 5. The summed E-state index contributed by atoms with van der Waals surface area (Å²) >= 11 is 0. The normalized spacial score (nSPS) is 32.4. The molecular formula is C15H28N2O2. The van der Waals surface area contributed by atoms with Crippen molar-refractivity contribution in [2.45, 2.75) is 50.7 Å². The summed E-state index contributed by atoms with van der Waals surface area (Å²) in [6.45, 7) is 6.10. The summed E-state index contributed by atoms with van der Waals surface area (Å²) < 4.78 is 5.56. The molecule has 19 heavy (non-hydrogen) atoms. The van der Waals surface area contributed by atoms with Gasteiger partial charge in [0.1, 0.15) is 0 Å². The standard InChI is InChI=1S/C15H28N2O2/c18-14-2-1-7-17(10-14)12-15(5-8-19-9-6-15)11-16-13-3-4-13/h13-14,16,18H,1-12H2. The fourth-order valence-corrected chi connectivity index (χ4v) is 3.49. The number of nitrogens with one attached hydrogen (secondary N) is 1. The van der Waals surface area contributed by atoms with Crippen molar-refractivity contribution in [2.24, 2.45) is 5.41 Å². The smallest absolute Gasteiger partial charge is 0.0667 e. The van der Waals surface area contributed by atoms with Gasteiger partial charge in [0.15, 0.2) is 0 Å². The number of β-amino-alcohol motifs (C(OH)–C–C–N with tert-alkyl or cyclic N) is 1. The summed E-state index contributed by atoms with van der Waals surface area (Å²) in [5, 5.41) is 13.6. The second kappa shape index (κ2) is 6.08. The minimum atomic E-state index is -0.109. The molecule has 4 heteroatoms. The lowest BCUT2D eigenvalue weighted by Crippen LogP contribution is -2.50. The second-order valence-electron chi connectivity index (χ2n) is 6.80. The maximum Gasteiger partial charge on any atom is 0.0667 e. The van der Waals surface area contributed by atoms with Gasteiger partial charge in [-0.2, -0.15) is 0 Å². The van der Waals surface area contributed by atoms with Crippen LogP contribution in [0.2, 0.25) is 0 Å². The molecule has 0 aromatic rings. The minimum Gasteiger partial charge on any atom is -0.392 e.